The molecule has 0 fully saturated rings. The summed E-state index contributed by atoms with van der Waals surface area (Å²) in [6, 6.07) is 15.5. The molecule has 1 heterocycles. The topological polar surface area (TPSA) is 72.7 Å². The molecule has 0 saturated heterocycles. The van der Waals surface area contributed by atoms with Crippen molar-refractivity contribution in [3.63, 3.8) is 0 Å². The lowest BCUT2D eigenvalue weighted by Crippen LogP contribution is -2.29. The molecule has 0 aliphatic heterocycles. The average Bonchev–Trinajstić information content (AvgIpc) is 3.11. The number of hydrogen-bond acceptors (Lipinski definition) is 4. The molecular formula is C18H18FN5O. The molecule has 0 saturated carbocycles. The molecule has 0 radical (unpaired) electrons. The Balaban J connectivity index is 1.71. The van der Waals surface area contributed by atoms with Crippen molar-refractivity contribution >= 4 is 5.91 Å². The second-order valence-electron chi connectivity index (χ2n) is 5.57. The van der Waals surface area contributed by atoms with Gasteiger partial charge >= 0.3 is 0 Å². The van der Waals surface area contributed by atoms with Crippen molar-refractivity contribution in [2.75, 3.05) is 0 Å². The van der Waals surface area contributed by atoms with Crippen molar-refractivity contribution < 1.29 is 9.18 Å². The van der Waals surface area contributed by atoms with E-state index in [0.29, 0.717) is 17.9 Å². The Morgan fingerprint density at radius 2 is 1.88 bits per heavy atom. The Labute approximate surface area is 144 Å². The van der Waals surface area contributed by atoms with Crippen LogP contribution in [0.5, 0.6) is 0 Å². The number of nitrogens with zero attached hydrogens (tertiary/aromatic N) is 4. The Morgan fingerprint density at radius 3 is 2.56 bits per heavy atom. The van der Waals surface area contributed by atoms with Crippen molar-refractivity contribution in [3.05, 3.63) is 71.8 Å². The molecule has 2 aromatic carbocycles. The van der Waals surface area contributed by atoms with Crippen LogP contribution in [0.4, 0.5) is 4.39 Å². The summed E-state index contributed by atoms with van der Waals surface area (Å²) in [7, 11) is 0. The van der Waals surface area contributed by atoms with Crippen molar-refractivity contribution in [3.8, 4) is 5.69 Å². The maximum Gasteiger partial charge on any atom is 0.227 e. The minimum absolute atomic E-state index is 0.0812. The predicted molar refractivity (Wildman–Crippen MR) is 90.4 cm³/mol. The van der Waals surface area contributed by atoms with E-state index in [1.54, 1.807) is 12.1 Å². The molecule has 7 heteroatoms. The van der Waals surface area contributed by atoms with Crippen LogP contribution in [0.2, 0.25) is 0 Å². The van der Waals surface area contributed by atoms with Gasteiger partial charge in [0.05, 0.1) is 18.2 Å². The number of aromatic nitrogens is 4. The molecule has 128 valence electrons. The summed E-state index contributed by atoms with van der Waals surface area (Å²) >= 11 is 0. The van der Waals surface area contributed by atoms with Crippen molar-refractivity contribution in [2.45, 2.75) is 25.8 Å². The van der Waals surface area contributed by atoms with E-state index in [4.69, 9.17) is 0 Å². The van der Waals surface area contributed by atoms with Gasteiger partial charge in [0.25, 0.3) is 0 Å². The Morgan fingerprint density at radius 1 is 1.16 bits per heavy atom. The van der Waals surface area contributed by atoms with E-state index in [-0.39, 0.29) is 24.2 Å². The molecule has 25 heavy (non-hydrogen) atoms. The zero-order valence-corrected chi connectivity index (χ0v) is 13.8. The summed E-state index contributed by atoms with van der Waals surface area (Å²) in [6.07, 6.45) is 0.693. The zero-order chi connectivity index (χ0) is 17.6. The monoisotopic (exact) mass is 339 g/mol. The maximum absolute atomic E-state index is 13.1. The highest BCUT2D eigenvalue weighted by molar-refractivity contribution is 5.83. The molecule has 1 N–H and O–H groups in total. The number of amides is 1. The normalized spacial score (nSPS) is 11.9. The van der Waals surface area contributed by atoms with Crippen molar-refractivity contribution in [2.24, 2.45) is 0 Å². The average molecular weight is 339 g/mol. The fourth-order valence-electron chi connectivity index (χ4n) is 2.65. The fourth-order valence-corrected chi connectivity index (χ4v) is 2.65. The Hall–Kier alpha value is -3.09. The number of hydrogen-bond donors (Lipinski definition) is 1. The first kappa shape index (κ1) is 16.8. The van der Waals surface area contributed by atoms with E-state index < -0.39 is 0 Å². The summed E-state index contributed by atoms with van der Waals surface area (Å²) in [5, 5.41) is 14.4. The smallest absolute Gasteiger partial charge is 0.227 e. The summed E-state index contributed by atoms with van der Waals surface area (Å²) in [4.78, 5) is 12.5. The number of carbonyl (C=O) groups is 1. The Kier molecular flexibility index (Phi) is 5.13. The van der Waals surface area contributed by atoms with Gasteiger partial charge in [-0.2, -0.15) is 4.68 Å². The summed E-state index contributed by atoms with van der Waals surface area (Å²) < 4.78 is 14.5. The lowest BCUT2D eigenvalue weighted by Gasteiger charge is -2.15. The first-order valence-corrected chi connectivity index (χ1v) is 8.05. The van der Waals surface area contributed by atoms with E-state index in [1.807, 2.05) is 37.3 Å². The lowest BCUT2D eigenvalue weighted by molar-refractivity contribution is -0.122. The first-order chi connectivity index (χ1) is 12.2. The van der Waals surface area contributed by atoms with Crippen LogP contribution in [-0.2, 0) is 11.3 Å². The third kappa shape index (κ3) is 3.88. The van der Waals surface area contributed by atoms with Gasteiger partial charge in [-0.25, -0.2) is 4.39 Å². The van der Waals surface area contributed by atoms with Gasteiger partial charge in [0.2, 0.25) is 5.91 Å². The highest BCUT2D eigenvalue weighted by atomic mass is 19.1. The first-order valence-electron chi connectivity index (χ1n) is 8.05. The number of rotatable bonds is 6. The molecule has 1 amide bonds. The molecule has 0 spiro atoms. The van der Waals surface area contributed by atoms with Gasteiger partial charge in [-0.15, -0.1) is 5.10 Å². The third-order valence-corrected chi connectivity index (χ3v) is 3.95. The van der Waals surface area contributed by atoms with Crippen LogP contribution in [-0.4, -0.2) is 26.1 Å². The van der Waals surface area contributed by atoms with Crippen LogP contribution in [0.3, 0.4) is 0 Å². The van der Waals surface area contributed by atoms with Crippen molar-refractivity contribution in [1.82, 2.24) is 25.5 Å². The summed E-state index contributed by atoms with van der Waals surface area (Å²) in [5.41, 5.74) is 1.60. The number of benzene rings is 2. The van der Waals surface area contributed by atoms with Crippen LogP contribution in [0.25, 0.3) is 5.69 Å². The fraction of sp³-hybridized carbons (Fsp3) is 0.222. The van der Waals surface area contributed by atoms with Crippen LogP contribution < -0.4 is 5.32 Å². The molecule has 0 aliphatic carbocycles. The molecule has 0 unspecified atom stereocenters. The minimum atomic E-state index is -0.333. The highest BCUT2D eigenvalue weighted by Crippen LogP contribution is 2.19. The van der Waals surface area contributed by atoms with E-state index >= 15 is 0 Å². The highest BCUT2D eigenvalue weighted by Gasteiger charge is 2.19. The summed E-state index contributed by atoms with van der Waals surface area (Å²) in [5.74, 6) is -0.165. The van der Waals surface area contributed by atoms with Crippen LogP contribution >= 0.6 is 0 Å². The van der Waals surface area contributed by atoms with Gasteiger partial charge in [-0.1, -0.05) is 37.3 Å². The van der Waals surface area contributed by atoms with E-state index in [0.717, 1.165) is 5.56 Å². The minimum Gasteiger partial charge on any atom is -0.348 e. The van der Waals surface area contributed by atoms with Gasteiger partial charge in [-0.05, 0) is 46.7 Å². The van der Waals surface area contributed by atoms with Crippen molar-refractivity contribution in [1.29, 1.82) is 0 Å². The molecule has 3 aromatic rings. The third-order valence-electron chi connectivity index (χ3n) is 3.95. The zero-order valence-electron chi connectivity index (χ0n) is 13.8. The number of nitrogens with one attached hydrogen (secondary N) is 1. The second-order valence-corrected chi connectivity index (χ2v) is 5.57. The summed E-state index contributed by atoms with van der Waals surface area (Å²) in [6.45, 7) is 2.16. The standard InChI is InChI=1S/C18H18FN5O/c1-2-16(13-6-4-3-5-7-13)18(25)20-12-17-21-22-23-24(17)15-10-8-14(19)9-11-15/h3-11,16H,2,12H2,1H3,(H,20,25)/t16-/m1/s1. The van der Waals surface area contributed by atoms with Gasteiger partial charge in [0.1, 0.15) is 5.82 Å². The molecule has 3 rings (SSSR count). The number of carbonyl (C=O) groups excluding carboxylic acids is 1. The number of tetrazole rings is 1. The van der Waals surface area contributed by atoms with Crippen LogP contribution in [0.15, 0.2) is 54.6 Å². The molecule has 0 bridgehead atoms. The molecule has 6 nitrogen and oxygen atoms in total. The number of halogens is 1. The quantitative estimate of drug-likeness (QED) is 0.749. The molecule has 1 aromatic heterocycles. The van der Waals surface area contributed by atoms with Gasteiger partial charge in [0, 0.05) is 0 Å². The van der Waals surface area contributed by atoms with Gasteiger partial charge in [-0.3, -0.25) is 4.79 Å². The van der Waals surface area contributed by atoms with Crippen LogP contribution in [0, 0.1) is 5.82 Å². The lowest BCUT2D eigenvalue weighted by atomic mass is 9.96. The van der Waals surface area contributed by atoms with Crippen LogP contribution in [0.1, 0.15) is 30.7 Å². The Bertz CT molecular complexity index is 832. The molecule has 1 atom stereocenters. The molecular weight excluding hydrogens is 321 g/mol. The van der Waals surface area contributed by atoms with Gasteiger partial charge < -0.3 is 5.32 Å². The SMILES string of the molecule is CC[C@@H](C(=O)NCc1nnnn1-c1ccc(F)cc1)c1ccccc1. The molecule has 0 aliphatic rings. The predicted octanol–water partition coefficient (Wildman–Crippen LogP) is 2.61. The van der Waals surface area contributed by atoms with E-state index in [1.165, 1.54) is 16.8 Å². The van der Waals surface area contributed by atoms with Gasteiger partial charge in [0.15, 0.2) is 5.82 Å². The maximum atomic E-state index is 13.1. The largest absolute Gasteiger partial charge is 0.348 e. The second kappa shape index (κ2) is 7.65. The van der Waals surface area contributed by atoms with E-state index in [9.17, 15) is 9.18 Å². The van der Waals surface area contributed by atoms with E-state index in [2.05, 4.69) is 20.8 Å².